The fourth-order valence-electron chi connectivity index (χ4n) is 2.23. The number of carbonyl (C=O) groups excluding carboxylic acids is 2. The van der Waals surface area contributed by atoms with E-state index in [0.717, 1.165) is 11.3 Å². The number of imide groups is 1. The highest BCUT2D eigenvalue weighted by atomic mass is 35.5. The van der Waals surface area contributed by atoms with Crippen LogP contribution in [0.4, 0.5) is 11.4 Å². The number of nitrogens with zero attached hydrogens (tertiary/aromatic N) is 2. The molecule has 1 aromatic carbocycles. The first-order valence-electron chi connectivity index (χ1n) is 5.65. The number of rotatable bonds is 1. The summed E-state index contributed by atoms with van der Waals surface area (Å²) in [6.45, 7) is 0.537. The van der Waals surface area contributed by atoms with Gasteiger partial charge in [0.1, 0.15) is 6.04 Å². The number of anilines is 1. The summed E-state index contributed by atoms with van der Waals surface area (Å²) in [6, 6.07) is 5.01. The Morgan fingerprint density at radius 2 is 2.16 bits per heavy atom. The molecule has 19 heavy (non-hydrogen) atoms. The smallest absolute Gasteiger partial charge is 0.249 e. The van der Waals surface area contributed by atoms with Crippen molar-refractivity contribution < 1.29 is 9.59 Å². The number of hydrogen-bond acceptors (Lipinski definition) is 5. The van der Waals surface area contributed by atoms with Crippen LogP contribution < -0.4 is 11.1 Å². The van der Waals surface area contributed by atoms with E-state index in [1.54, 1.807) is 17.3 Å². The lowest BCUT2D eigenvalue weighted by Gasteiger charge is -2.27. The quantitative estimate of drug-likeness (QED) is 0.582. The molecule has 0 saturated carbocycles. The summed E-state index contributed by atoms with van der Waals surface area (Å²) in [6.07, 6.45) is 1.80. The molecule has 2 aliphatic rings. The third-order valence-electron chi connectivity index (χ3n) is 3.15. The number of aliphatic imine (C=N–C) groups is 1. The van der Waals surface area contributed by atoms with E-state index in [9.17, 15) is 9.59 Å². The molecule has 100 valence electrons. The molecule has 1 aromatic rings. The predicted octanol–water partition coefficient (Wildman–Crippen LogP) is 0.581. The van der Waals surface area contributed by atoms with Crippen LogP contribution in [-0.4, -0.2) is 29.1 Å². The van der Waals surface area contributed by atoms with Gasteiger partial charge in [0.05, 0.1) is 18.4 Å². The molecular weight excluding hydrogens is 268 g/mol. The number of halogens is 1. The molecule has 0 radical (unpaired) electrons. The SMILES string of the molecule is Cl.Nc1ccc2c(c1)CN(C1CC(=O)NC1=O)C=N2. The summed E-state index contributed by atoms with van der Waals surface area (Å²) in [5.74, 6) is -0.504. The first-order valence-corrected chi connectivity index (χ1v) is 5.65. The fourth-order valence-corrected chi connectivity index (χ4v) is 2.23. The number of carbonyl (C=O) groups is 2. The summed E-state index contributed by atoms with van der Waals surface area (Å²) in [7, 11) is 0. The molecule has 1 saturated heterocycles. The molecule has 1 fully saturated rings. The average molecular weight is 281 g/mol. The van der Waals surface area contributed by atoms with Crippen LogP contribution in [0.2, 0.25) is 0 Å². The Labute approximate surface area is 116 Å². The van der Waals surface area contributed by atoms with E-state index in [-0.39, 0.29) is 30.6 Å². The van der Waals surface area contributed by atoms with Gasteiger partial charge in [-0.25, -0.2) is 4.99 Å². The van der Waals surface area contributed by atoms with E-state index in [4.69, 9.17) is 5.73 Å². The molecule has 1 unspecified atom stereocenters. The van der Waals surface area contributed by atoms with E-state index in [1.165, 1.54) is 0 Å². The number of amides is 2. The fraction of sp³-hybridized carbons (Fsp3) is 0.250. The van der Waals surface area contributed by atoms with E-state index >= 15 is 0 Å². The molecular formula is C12H13ClN4O2. The van der Waals surface area contributed by atoms with E-state index < -0.39 is 6.04 Å². The Kier molecular flexibility index (Phi) is 3.44. The Morgan fingerprint density at radius 1 is 1.37 bits per heavy atom. The number of nitrogens with two attached hydrogens (primary N) is 1. The molecule has 3 N–H and O–H groups in total. The van der Waals surface area contributed by atoms with Crippen molar-refractivity contribution in [1.82, 2.24) is 10.2 Å². The average Bonchev–Trinajstić information content (AvgIpc) is 2.67. The van der Waals surface area contributed by atoms with Crippen molar-refractivity contribution >= 4 is 41.9 Å². The minimum atomic E-state index is -0.462. The zero-order chi connectivity index (χ0) is 12.7. The van der Waals surface area contributed by atoms with E-state index in [0.29, 0.717) is 12.2 Å². The van der Waals surface area contributed by atoms with Gasteiger partial charge in [-0.3, -0.25) is 14.9 Å². The van der Waals surface area contributed by atoms with Crippen molar-refractivity contribution in [2.24, 2.45) is 4.99 Å². The van der Waals surface area contributed by atoms with Gasteiger partial charge in [-0.2, -0.15) is 0 Å². The number of nitrogens with one attached hydrogen (secondary N) is 1. The summed E-state index contributed by atoms with van der Waals surface area (Å²) < 4.78 is 0. The Hall–Kier alpha value is -2.08. The van der Waals surface area contributed by atoms with Gasteiger partial charge in [0.15, 0.2) is 0 Å². The second kappa shape index (κ2) is 4.89. The highest BCUT2D eigenvalue weighted by molar-refractivity contribution is 6.06. The van der Waals surface area contributed by atoms with Crippen LogP contribution in [-0.2, 0) is 16.1 Å². The van der Waals surface area contributed by atoms with Crippen LogP contribution in [0, 0.1) is 0 Å². The van der Waals surface area contributed by atoms with Crippen LogP contribution >= 0.6 is 12.4 Å². The van der Waals surface area contributed by atoms with Gasteiger partial charge in [-0.1, -0.05) is 0 Å². The minimum Gasteiger partial charge on any atom is -0.399 e. The van der Waals surface area contributed by atoms with Crippen molar-refractivity contribution in [2.75, 3.05) is 5.73 Å². The molecule has 0 aliphatic carbocycles. The van der Waals surface area contributed by atoms with Crippen molar-refractivity contribution in [1.29, 1.82) is 0 Å². The lowest BCUT2D eigenvalue weighted by Crippen LogP contribution is -2.40. The van der Waals surface area contributed by atoms with E-state index in [1.807, 2.05) is 12.1 Å². The molecule has 0 spiro atoms. The molecule has 1 atom stereocenters. The van der Waals surface area contributed by atoms with Crippen LogP contribution in [0.5, 0.6) is 0 Å². The lowest BCUT2D eigenvalue weighted by molar-refractivity contribution is -0.125. The van der Waals surface area contributed by atoms with Crippen LogP contribution in [0.25, 0.3) is 0 Å². The Morgan fingerprint density at radius 3 is 2.84 bits per heavy atom. The van der Waals surface area contributed by atoms with Gasteiger partial charge in [0.2, 0.25) is 11.8 Å². The zero-order valence-corrected chi connectivity index (χ0v) is 10.8. The highest BCUT2D eigenvalue weighted by Gasteiger charge is 2.35. The maximum absolute atomic E-state index is 11.6. The maximum Gasteiger partial charge on any atom is 0.249 e. The second-order valence-electron chi connectivity index (χ2n) is 4.44. The molecule has 2 amide bonds. The predicted molar refractivity (Wildman–Crippen MR) is 73.4 cm³/mol. The van der Waals surface area contributed by atoms with Gasteiger partial charge in [0, 0.05) is 12.2 Å². The number of hydrogen-bond donors (Lipinski definition) is 2. The number of nitrogen functional groups attached to an aromatic ring is 1. The summed E-state index contributed by atoms with van der Waals surface area (Å²) in [5.41, 5.74) is 8.21. The van der Waals surface area contributed by atoms with Gasteiger partial charge >= 0.3 is 0 Å². The molecule has 2 heterocycles. The third kappa shape index (κ3) is 2.39. The summed E-state index contributed by atoms with van der Waals surface area (Å²) in [4.78, 5) is 28.8. The van der Waals surface area contributed by atoms with Crippen LogP contribution in [0.15, 0.2) is 23.2 Å². The van der Waals surface area contributed by atoms with Crippen molar-refractivity contribution in [2.45, 2.75) is 19.0 Å². The van der Waals surface area contributed by atoms with Gasteiger partial charge in [0.25, 0.3) is 0 Å². The standard InChI is InChI=1S/C12H12N4O2.ClH/c13-8-1-2-9-7(3-8)5-16(6-14-9)10-4-11(17)15-12(10)18;/h1-3,6,10H,4-5,13H2,(H,15,17,18);1H. The first kappa shape index (κ1) is 13.4. The third-order valence-corrected chi connectivity index (χ3v) is 3.15. The van der Waals surface area contributed by atoms with E-state index in [2.05, 4.69) is 10.3 Å². The topological polar surface area (TPSA) is 87.8 Å². The highest BCUT2D eigenvalue weighted by Crippen LogP contribution is 2.27. The number of benzene rings is 1. The maximum atomic E-state index is 11.6. The molecule has 6 nitrogen and oxygen atoms in total. The van der Waals surface area contributed by atoms with Gasteiger partial charge in [-0.05, 0) is 23.8 Å². The lowest BCUT2D eigenvalue weighted by atomic mass is 10.1. The number of fused-ring (bicyclic) bond motifs is 1. The Balaban J connectivity index is 0.00000133. The monoisotopic (exact) mass is 280 g/mol. The molecule has 0 aromatic heterocycles. The molecule has 3 rings (SSSR count). The Bertz CT molecular complexity index is 573. The normalized spacial score (nSPS) is 20.8. The van der Waals surface area contributed by atoms with Crippen molar-refractivity contribution in [3.63, 3.8) is 0 Å². The summed E-state index contributed by atoms with van der Waals surface area (Å²) >= 11 is 0. The van der Waals surface area contributed by atoms with Crippen LogP contribution in [0.3, 0.4) is 0 Å². The second-order valence-corrected chi connectivity index (χ2v) is 4.44. The zero-order valence-electron chi connectivity index (χ0n) is 10.00. The van der Waals surface area contributed by atoms with Crippen molar-refractivity contribution in [3.05, 3.63) is 23.8 Å². The van der Waals surface area contributed by atoms with Crippen molar-refractivity contribution in [3.8, 4) is 0 Å². The molecule has 7 heteroatoms. The van der Waals surface area contributed by atoms with Gasteiger partial charge < -0.3 is 10.6 Å². The molecule has 0 bridgehead atoms. The largest absolute Gasteiger partial charge is 0.399 e. The minimum absolute atomic E-state index is 0. The van der Waals surface area contributed by atoms with Crippen LogP contribution in [0.1, 0.15) is 12.0 Å². The van der Waals surface area contributed by atoms with Gasteiger partial charge in [-0.15, -0.1) is 12.4 Å². The summed E-state index contributed by atoms with van der Waals surface area (Å²) in [5, 5.41) is 2.29. The first-order chi connectivity index (χ1) is 8.63. The molecule has 2 aliphatic heterocycles.